The Bertz CT molecular complexity index is 1220. The van der Waals surface area contributed by atoms with Crippen molar-refractivity contribution in [2.75, 3.05) is 31.3 Å². The van der Waals surface area contributed by atoms with Gasteiger partial charge in [0.25, 0.3) is 0 Å². The minimum atomic E-state index is 0.173. The fraction of sp³-hybridized carbons (Fsp3) is 0.259. The highest BCUT2D eigenvalue weighted by Crippen LogP contribution is 2.43. The lowest BCUT2D eigenvalue weighted by Gasteiger charge is -2.17. The van der Waals surface area contributed by atoms with Gasteiger partial charge in [-0.25, -0.2) is 0 Å². The van der Waals surface area contributed by atoms with E-state index in [0.29, 0.717) is 29.6 Å². The summed E-state index contributed by atoms with van der Waals surface area (Å²) in [6.07, 6.45) is 2.66. The summed E-state index contributed by atoms with van der Waals surface area (Å²) in [4.78, 5) is 0. The van der Waals surface area contributed by atoms with Gasteiger partial charge in [-0.15, -0.1) is 0 Å². The monoisotopic (exact) mass is 426 g/mol. The maximum atomic E-state index is 6.67. The van der Waals surface area contributed by atoms with E-state index in [1.807, 2.05) is 12.1 Å². The van der Waals surface area contributed by atoms with Gasteiger partial charge in [-0.2, -0.15) is 0 Å². The molecule has 32 heavy (non-hydrogen) atoms. The van der Waals surface area contributed by atoms with Crippen molar-refractivity contribution in [3.8, 4) is 22.6 Å². The zero-order chi connectivity index (χ0) is 21.7. The lowest BCUT2D eigenvalue weighted by atomic mass is 9.92. The maximum absolute atomic E-state index is 6.67. The first-order valence-electron chi connectivity index (χ1n) is 11.2. The van der Waals surface area contributed by atoms with E-state index in [0.717, 1.165) is 51.6 Å². The molecule has 1 saturated carbocycles. The van der Waals surface area contributed by atoms with Crippen LogP contribution in [0.25, 0.3) is 32.7 Å². The molecular weight excluding hydrogens is 400 g/mol. The van der Waals surface area contributed by atoms with Crippen LogP contribution < -0.4 is 20.9 Å². The van der Waals surface area contributed by atoms with E-state index in [9.17, 15) is 0 Å². The summed E-state index contributed by atoms with van der Waals surface area (Å²) in [5.41, 5.74) is 16.7. The molecule has 5 heteroatoms. The topological polar surface area (TPSA) is 83.0 Å². The number of nitrogen functional groups attached to an aromatic ring is 2. The van der Waals surface area contributed by atoms with Crippen molar-refractivity contribution in [3.63, 3.8) is 0 Å². The Kier molecular flexibility index (Phi) is 4.58. The lowest BCUT2D eigenvalue weighted by molar-refractivity contribution is 0.264. The van der Waals surface area contributed by atoms with Gasteiger partial charge in [-0.3, -0.25) is 0 Å². The fourth-order valence-electron chi connectivity index (χ4n) is 4.32. The van der Waals surface area contributed by atoms with Crippen LogP contribution in [0.2, 0.25) is 0 Å². The van der Waals surface area contributed by atoms with Crippen LogP contribution in [-0.2, 0) is 4.74 Å². The summed E-state index contributed by atoms with van der Waals surface area (Å²) in [5.74, 6) is 2.10. The number of epoxide rings is 1. The second-order valence-electron chi connectivity index (χ2n) is 8.78. The third-order valence-corrected chi connectivity index (χ3v) is 6.38. The molecule has 1 heterocycles. The summed E-state index contributed by atoms with van der Waals surface area (Å²) in [5, 5.41) is 4.10. The Morgan fingerprint density at radius 2 is 1.25 bits per heavy atom. The van der Waals surface area contributed by atoms with Crippen molar-refractivity contribution in [2.24, 2.45) is 5.92 Å². The summed E-state index contributed by atoms with van der Waals surface area (Å²) >= 11 is 0. The molecule has 1 aliphatic heterocycles. The van der Waals surface area contributed by atoms with E-state index in [2.05, 4.69) is 48.5 Å². The van der Waals surface area contributed by atoms with Crippen LogP contribution in [0.4, 0.5) is 11.4 Å². The van der Waals surface area contributed by atoms with Crippen molar-refractivity contribution in [1.82, 2.24) is 0 Å². The van der Waals surface area contributed by atoms with Gasteiger partial charge in [-0.1, -0.05) is 48.5 Å². The van der Waals surface area contributed by atoms with Gasteiger partial charge in [0.15, 0.2) is 0 Å². The number of benzene rings is 4. The molecule has 4 N–H and O–H groups in total. The quantitative estimate of drug-likeness (QED) is 0.306. The molecule has 0 bridgehead atoms. The van der Waals surface area contributed by atoms with E-state index in [1.165, 1.54) is 12.8 Å². The highest BCUT2D eigenvalue weighted by atomic mass is 16.6. The fourth-order valence-corrected chi connectivity index (χ4v) is 4.32. The van der Waals surface area contributed by atoms with Crippen LogP contribution in [0.5, 0.6) is 11.5 Å². The number of hydrogen-bond donors (Lipinski definition) is 2. The van der Waals surface area contributed by atoms with Gasteiger partial charge in [0.05, 0.1) is 24.6 Å². The smallest absolute Gasteiger partial charge is 0.143 e. The molecule has 2 aliphatic rings. The lowest BCUT2D eigenvalue weighted by Crippen LogP contribution is -2.06. The van der Waals surface area contributed by atoms with Crippen LogP contribution in [0, 0.1) is 5.92 Å². The van der Waals surface area contributed by atoms with Crippen molar-refractivity contribution >= 4 is 32.9 Å². The Morgan fingerprint density at radius 1 is 0.719 bits per heavy atom. The van der Waals surface area contributed by atoms with E-state index in [-0.39, 0.29) is 6.10 Å². The first-order chi connectivity index (χ1) is 15.7. The van der Waals surface area contributed by atoms with Gasteiger partial charge < -0.3 is 25.7 Å². The third-order valence-electron chi connectivity index (χ3n) is 6.38. The largest absolute Gasteiger partial charge is 0.491 e. The highest BCUT2D eigenvalue weighted by molar-refractivity contribution is 6.14. The van der Waals surface area contributed by atoms with Gasteiger partial charge in [-0.05, 0) is 52.8 Å². The number of ether oxygens (including phenoxy) is 3. The summed E-state index contributed by atoms with van der Waals surface area (Å²) in [6, 6.07) is 20.5. The van der Waals surface area contributed by atoms with Gasteiger partial charge in [0.1, 0.15) is 24.2 Å². The van der Waals surface area contributed by atoms with Crippen molar-refractivity contribution in [3.05, 3.63) is 60.7 Å². The number of anilines is 2. The highest BCUT2D eigenvalue weighted by Gasteiger charge is 2.24. The first kappa shape index (κ1) is 19.3. The minimum Gasteiger partial charge on any atom is -0.491 e. The maximum Gasteiger partial charge on any atom is 0.143 e. The molecule has 5 nitrogen and oxygen atoms in total. The summed E-state index contributed by atoms with van der Waals surface area (Å²) in [7, 11) is 0. The van der Waals surface area contributed by atoms with Crippen LogP contribution >= 0.6 is 0 Å². The van der Waals surface area contributed by atoms with Gasteiger partial charge in [0.2, 0.25) is 0 Å². The van der Waals surface area contributed by atoms with Crippen LogP contribution in [0.15, 0.2) is 60.7 Å². The Labute approximate surface area is 186 Å². The van der Waals surface area contributed by atoms with Crippen LogP contribution in [0.3, 0.4) is 0 Å². The van der Waals surface area contributed by atoms with E-state index >= 15 is 0 Å². The Hall–Kier alpha value is -3.44. The van der Waals surface area contributed by atoms with E-state index in [4.69, 9.17) is 25.7 Å². The van der Waals surface area contributed by atoms with Crippen LogP contribution in [-0.4, -0.2) is 25.9 Å². The molecule has 6 rings (SSSR count). The van der Waals surface area contributed by atoms with E-state index in [1.54, 1.807) is 0 Å². The predicted molar refractivity (Wildman–Crippen MR) is 129 cm³/mol. The zero-order valence-corrected chi connectivity index (χ0v) is 17.8. The molecule has 4 aromatic carbocycles. The van der Waals surface area contributed by atoms with E-state index < -0.39 is 0 Å². The molecule has 1 aliphatic carbocycles. The zero-order valence-electron chi connectivity index (χ0n) is 17.8. The van der Waals surface area contributed by atoms with Gasteiger partial charge in [0, 0.05) is 10.8 Å². The molecule has 1 unspecified atom stereocenters. The average molecular weight is 427 g/mol. The van der Waals surface area contributed by atoms with Crippen molar-refractivity contribution in [1.29, 1.82) is 0 Å². The number of fused-ring (bicyclic) bond motifs is 2. The van der Waals surface area contributed by atoms with Gasteiger partial charge >= 0.3 is 0 Å². The number of rotatable bonds is 7. The molecule has 2 fully saturated rings. The minimum absolute atomic E-state index is 0.173. The normalized spacial score (nSPS) is 17.6. The molecule has 1 saturated heterocycles. The van der Waals surface area contributed by atoms with Crippen molar-refractivity contribution in [2.45, 2.75) is 18.9 Å². The number of nitrogens with two attached hydrogens (primary N) is 2. The second-order valence-corrected chi connectivity index (χ2v) is 8.78. The molecule has 0 amide bonds. The number of hydrogen-bond acceptors (Lipinski definition) is 5. The summed E-state index contributed by atoms with van der Waals surface area (Å²) in [6.45, 7) is 1.99. The van der Waals surface area contributed by atoms with Crippen LogP contribution in [0.1, 0.15) is 12.8 Å². The Balaban J connectivity index is 1.50. The molecular formula is C27H26N2O3. The SMILES string of the molecule is Nc1c(OCC2CC2)ccc2cccc(-c3cccc4ccc(OCC5CO5)c(N)c34)c12. The molecule has 4 aromatic rings. The standard InChI is InChI=1S/C27H26N2O3/c28-26-22(31-13-16-7-8-16)11-9-17-3-1-5-20(24(17)26)21-6-2-4-18-10-12-23(27(29)25(18)21)32-15-19-14-30-19/h1-6,9-12,16,19H,7-8,13-15,28-29H2. The second kappa shape index (κ2) is 7.61. The molecule has 0 spiro atoms. The Morgan fingerprint density at radius 3 is 1.75 bits per heavy atom. The average Bonchev–Trinajstić information content (AvgIpc) is 3.73. The molecule has 162 valence electrons. The molecule has 0 aromatic heterocycles. The third kappa shape index (κ3) is 3.49. The molecule has 1 atom stereocenters. The first-order valence-corrected chi connectivity index (χ1v) is 11.2. The molecule has 0 radical (unpaired) electrons. The van der Waals surface area contributed by atoms with Crippen molar-refractivity contribution < 1.29 is 14.2 Å². The summed E-state index contributed by atoms with van der Waals surface area (Å²) < 4.78 is 17.3. The predicted octanol–water partition coefficient (Wildman–Crippen LogP) is 5.39.